The van der Waals surface area contributed by atoms with E-state index in [1.54, 1.807) is 20.0 Å². The van der Waals surface area contributed by atoms with Crippen LogP contribution in [0, 0.1) is 24.0 Å². The van der Waals surface area contributed by atoms with Crippen molar-refractivity contribution in [2.45, 2.75) is 20.4 Å². The van der Waals surface area contributed by atoms with Gasteiger partial charge in [-0.3, -0.25) is 15.1 Å². The maximum Gasteiger partial charge on any atom is 0.278 e. The predicted octanol–water partition coefficient (Wildman–Crippen LogP) is 1.27. The summed E-state index contributed by atoms with van der Waals surface area (Å²) in [6.07, 6.45) is 1.55. The molecule has 0 aliphatic rings. The molecule has 0 fully saturated rings. The van der Waals surface area contributed by atoms with E-state index in [0.717, 1.165) is 6.54 Å². The van der Waals surface area contributed by atoms with E-state index in [2.05, 4.69) is 15.2 Å². The lowest BCUT2D eigenvalue weighted by molar-refractivity contribution is -0.386. The Hall–Kier alpha value is -1.57. The molecule has 0 aliphatic carbocycles. The van der Waals surface area contributed by atoms with Gasteiger partial charge in [0.1, 0.15) is 0 Å². The van der Waals surface area contributed by atoms with Gasteiger partial charge in [0.05, 0.1) is 23.8 Å². The van der Waals surface area contributed by atoms with Gasteiger partial charge in [-0.1, -0.05) is 0 Å². The maximum atomic E-state index is 11.0. The molecule has 0 saturated heterocycles. The van der Waals surface area contributed by atoms with Crippen LogP contribution >= 0.6 is 0 Å². The first kappa shape index (κ1) is 17.5. The third kappa shape index (κ3) is 5.74. The van der Waals surface area contributed by atoms with Gasteiger partial charge in [0.2, 0.25) is 0 Å². The van der Waals surface area contributed by atoms with Gasteiger partial charge in [-0.05, 0) is 27.9 Å². The number of nitro groups is 1. The molecular formula is C14H24N4O3. The minimum absolute atomic E-state index is 0.157. The van der Waals surface area contributed by atoms with Crippen molar-refractivity contribution in [1.82, 2.24) is 15.2 Å². The second kappa shape index (κ2) is 8.66. The summed E-state index contributed by atoms with van der Waals surface area (Å²) >= 11 is 0. The first-order valence-corrected chi connectivity index (χ1v) is 6.96. The Bertz CT molecular complexity index is 478. The number of nitrogens with one attached hydrogen (secondary N) is 1. The fourth-order valence-corrected chi connectivity index (χ4v) is 1.92. The minimum atomic E-state index is -0.347. The molecule has 0 atom stereocenters. The highest BCUT2D eigenvalue weighted by Crippen LogP contribution is 2.23. The maximum absolute atomic E-state index is 11.0. The molecule has 0 aromatic carbocycles. The molecule has 1 heterocycles. The summed E-state index contributed by atoms with van der Waals surface area (Å²) in [6.45, 7) is 6.84. The quantitative estimate of drug-likeness (QED) is 0.420. The molecule has 0 aliphatic heterocycles. The Labute approximate surface area is 125 Å². The number of aryl methyl sites for hydroxylation is 1. The molecule has 1 aromatic rings. The first-order chi connectivity index (χ1) is 9.93. The van der Waals surface area contributed by atoms with Crippen LogP contribution in [0.25, 0.3) is 0 Å². The van der Waals surface area contributed by atoms with E-state index in [0.29, 0.717) is 43.1 Å². The lowest BCUT2D eigenvalue weighted by Gasteiger charge is -2.11. The lowest BCUT2D eigenvalue weighted by atomic mass is 10.1. The van der Waals surface area contributed by atoms with Gasteiger partial charge in [-0.15, -0.1) is 0 Å². The smallest absolute Gasteiger partial charge is 0.278 e. The van der Waals surface area contributed by atoms with Crippen molar-refractivity contribution in [2.24, 2.45) is 0 Å². The van der Waals surface area contributed by atoms with Crippen LogP contribution in [0.5, 0.6) is 0 Å². The van der Waals surface area contributed by atoms with E-state index in [4.69, 9.17) is 4.74 Å². The Kier molecular flexibility index (Phi) is 7.21. The van der Waals surface area contributed by atoms with E-state index >= 15 is 0 Å². The zero-order valence-corrected chi connectivity index (χ0v) is 13.2. The Morgan fingerprint density at radius 3 is 2.71 bits per heavy atom. The number of aromatic nitrogens is 1. The lowest BCUT2D eigenvalue weighted by Crippen LogP contribution is -2.23. The van der Waals surface area contributed by atoms with Gasteiger partial charge < -0.3 is 15.0 Å². The molecule has 7 heteroatoms. The zero-order chi connectivity index (χ0) is 15.8. The normalized spacial score (nSPS) is 11.1. The summed E-state index contributed by atoms with van der Waals surface area (Å²) in [5.74, 6) is 0. The van der Waals surface area contributed by atoms with Crippen LogP contribution in [-0.2, 0) is 11.3 Å². The predicted molar refractivity (Wildman–Crippen MR) is 81.4 cm³/mol. The molecule has 0 unspecified atom stereocenters. The molecule has 1 aromatic heterocycles. The van der Waals surface area contributed by atoms with Crippen molar-refractivity contribution >= 4 is 5.69 Å². The van der Waals surface area contributed by atoms with Gasteiger partial charge in [0, 0.05) is 37.0 Å². The Balaban J connectivity index is 2.39. The van der Waals surface area contributed by atoms with Gasteiger partial charge in [0.25, 0.3) is 5.69 Å². The number of ether oxygens (including phenoxy) is 1. The minimum Gasteiger partial charge on any atom is -0.379 e. The molecule has 1 N–H and O–H groups in total. The third-order valence-electron chi connectivity index (χ3n) is 3.16. The van der Waals surface area contributed by atoms with Crippen LogP contribution in [0.3, 0.4) is 0 Å². The molecule has 1 rings (SSSR count). The van der Waals surface area contributed by atoms with Gasteiger partial charge in [-0.25, -0.2) is 0 Å². The highest BCUT2D eigenvalue weighted by Gasteiger charge is 2.18. The SMILES string of the molecule is Cc1cnc(CNCCOCCN(C)C)c(C)c1[N+](=O)[O-]. The molecule has 0 amide bonds. The van der Waals surface area contributed by atoms with Crippen LogP contribution in [0.15, 0.2) is 6.20 Å². The highest BCUT2D eigenvalue weighted by molar-refractivity contribution is 5.47. The van der Waals surface area contributed by atoms with E-state index in [-0.39, 0.29) is 10.6 Å². The van der Waals surface area contributed by atoms with Crippen LogP contribution < -0.4 is 5.32 Å². The van der Waals surface area contributed by atoms with Crippen LogP contribution in [0.2, 0.25) is 0 Å². The number of hydrogen-bond donors (Lipinski definition) is 1. The van der Waals surface area contributed by atoms with E-state index in [9.17, 15) is 10.1 Å². The first-order valence-electron chi connectivity index (χ1n) is 6.96. The van der Waals surface area contributed by atoms with Crippen molar-refractivity contribution in [3.63, 3.8) is 0 Å². The van der Waals surface area contributed by atoms with E-state index in [1.807, 2.05) is 14.1 Å². The molecule has 118 valence electrons. The molecule has 0 spiro atoms. The highest BCUT2D eigenvalue weighted by atomic mass is 16.6. The molecule has 0 radical (unpaired) electrons. The van der Waals surface area contributed by atoms with E-state index < -0.39 is 0 Å². The molecular weight excluding hydrogens is 272 g/mol. The zero-order valence-electron chi connectivity index (χ0n) is 13.2. The number of hydrogen-bond acceptors (Lipinski definition) is 6. The van der Waals surface area contributed by atoms with Gasteiger partial charge >= 0.3 is 0 Å². The number of likely N-dealkylation sites (N-methyl/N-ethyl adjacent to an activating group) is 1. The molecule has 21 heavy (non-hydrogen) atoms. The van der Waals surface area contributed by atoms with Gasteiger partial charge in [0.15, 0.2) is 0 Å². The molecule has 0 saturated carbocycles. The molecule has 0 bridgehead atoms. The van der Waals surface area contributed by atoms with E-state index in [1.165, 1.54) is 0 Å². The monoisotopic (exact) mass is 296 g/mol. The average molecular weight is 296 g/mol. The summed E-state index contributed by atoms with van der Waals surface area (Å²) < 4.78 is 5.46. The van der Waals surface area contributed by atoms with Crippen molar-refractivity contribution in [1.29, 1.82) is 0 Å². The van der Waals surface area contributed by atoms with Crippen molar-refractivity contribution < 1.29 is 9.66 Å². The second-order valence-electron chi connectivity index (χ2n) is 5.21. The third-order valence-corrected chi connectivity index (χ3v) is 3.16. The average Bonchev–Trinajstić information content (AvgIpc) is 2.39. The Morgan fingerprint density at radius 1 is 1.38 bits per heavy atom. The topological polar surface area (TPSA) is 80.5 Å². The van der Waals surface area contributed by atoms with Crippen LogP contribution in [0.1, 0.15) is 16.8 Å². The molecule has 7 nitrogen and oxygen atoms in total. The summed E-state index contributed by atoms with van der Waals surface area (Å²) in [4.78, 5) is 17.0. The van der Waals surface area contributed by atoms with Crippen molar-refractivity contribution in [2.75, 3.05) is 40.4 Å². The summed E-state index contributed by atoms with van der Waals surface area (Å²) in [7, 11) is 4.00. The number of rotatable bonds is 9. The summed E-state index contributed by atoms with van der Waals surface area (Å²) in [5, 5.41) is 14.2. The van der Waals surface area contributed by atoms with Crippen LogP contribution in [0.4, 0.5) is 5.69 Å². The van der Waals surface area contributed by atoms with Crippen molar-refractivity contribution in [3.8, 4) is 0 Å². The summed E-state index contributed by atoms with van der Waals surface area (Å²) in [5.41, 5.74) is 2.08. The standard InChI is InChI=1S/C14H24N4O3/c1-11-9-16-13(12(2)14(11)18(19)20)10-15-5-7-21-8-6-17(3)4/h9,15H,5-8,10H2,1-4H3. The van der Waals surface area contributed by atoms with Gasteiger partial charge in [-0.2, -0.15) is 0 Å². The Morgan fingerprint density at radius 2 is 2.10 bits per heavy atom. The number of pyridine rings is 1. The van der Waals surface area contributed by atoms with Crippen LogP contribution in [-0.4, -0.2) is 55.2 Å². The largest absolute Gasteiger partial charge is 0.379 e. The fourth-order valence-electron chi connectivity index (χ4n) is 1.92. The fraction of sp³-hybridized carbons (Fsp3) is 0.643. The summed E-state index contributed by atoms with van der Waals surface area (Å²) in [6, 6.07) is 0. The number of nitrogens with zero attached hydrogens (tertiary/aromatic N) is 3. The second-order valence-corrected chi connectivity index (χ2v) is 5.21. The van der Waals surface area contributed by atoms with Crippen molar-refractivity contribution in [3.05, 3.63) is 33.1 Å².